The van der Waals surface area contributed by atoms with Gasteiger partial charge in [-0.25, -0.2) is 0 Å². The smallest absolute Gasteiger partial charge is 0.0525 e. The van der Waals surface area contributed by atoms with Gasteiger partial charge in [0.15, 0.2) is 0 Å². The van der Waals surface area contributed by atoms with Crippen LogP contribution in [0.3, 0.4) is 0 Å². The van der Waals surface area contributed by atoms with E-state index in [0.29, 0.717) is 5.92 Å². The van der Waals surface area contributed by atoms with Gasteiger partial charge in [-0.2, -0.15) is 0 Å². The summed E-state index contributed by atoms with van der Waals surface area (Å²) in [6.45, 7) is 2.17. The fourth-order valence-electron chi connectivity index (χ4n) is 1.31. The van der Waals surface area contributed by atoms with E-state index in [1.54, 1.807) is 0 Å². The van der Waals surface area contributed by atoms with Gasteiger partial charge in [-0.1, -0.05) is 13.3 Å². The van der Waals surface area contributed by atoms with Gasteiger partial charge in [-0.3, -0.25) is 0 Å². The van der Waals surface area contributed by atoms with Gasteiger partial charge in [0, 0.05) is 0 Å². The van der Waals surface area contributed by atoms with E-state index >= 15 is 0 Å². The Kier molecular flexibility index (Phi) is 2.66. The Bertz CT molecular complexity index is 82.9. The topological polar surface area (TPSA) is 0 Å². The standard InChI is InChI=1S/C7H12Cl2/c1-5-3-2-4-6(8)7(5)9/h5-7H,2-4H2,1H3. The van der Waals surface area contributed by atoms with E-state index in [4.69, 9.17) is 23.2 Å². The van der Waals surface area contributed by atoms with Crippen molar-refractivity contribution in [3.63, 3.8) is 0 Å². The van der Waals surface area contributed by atoms with Crippen LogP contribution < -0.4 is 0 Å². The Hall–Kier alpha value is 0.580. The molecule has 0 amide bonds. The highest BCUT2D eigenvalue weighted by atomic mass is 35.5. The molecule has 3 atom stereocenters. The fourth-order valence-corrected chi connectivity index (χ4v) is 1.96. The Balaban J connectivity index is 2.41. The van der Waals surface area contributed by atoms with Crippen molar-refractivity contribution in [2.45, 2.75) is 36.9 Å². The second-order valence-electron chi connectivity index (χ2n) is 2.87. The summed E-state index contributed by atoms with van der Waals surface area (Å²) in [5.74, 6) is 0.614. The summed E-state index contributed by atoms with van der Waals surface area (Å²) in [5.41, 5.74) is 0. The molecule has 0 nitrogen and oxygen atoms in total. The Labute approximate surface area is 66.5 Å². The molecule has 54 valence electrons. The summed E-state index contributed by atoms with van der Waals surface area (Å²) in [6.07, 6.45) is 3.59. The second-order valence-corrected chi connectivity index (χ2v) is 3.93. The highest BCUT2D eigenvalue weighted by Gasteiger charge is 2.26. The Morgan fingerprint density at radius 1 is 1.22 bits per heavy atom. The molecule has 0 N–H and O–H groups in total. The first kappa shape index (κ1) is 7.68. The summed E-state index contributed by atoms with van der Waals surface area (Å²) in [7, 11) is 0. The zero-order valence-corrected chi connectivity index (χ0v) is 7.12. The van der Waals surface area contributed by atoms with Gasteiger partial charge in [-0.15, -0.1) is 23.2 Å². The molecule has 0 spiro atoms. The molecule has 1 aliphatic rings. The van der Waals surface area contributed by atoms with Crippen LogP contribution in [-0.2, 0) is 0 Å². The first-order chi connectivity index (χ1) is 4.22. The summed E-state index contributed by atoms with van der Waals surface area (Å²) in [5, 5.41) is 0.427. The monoisotopic (exact) mass is 166 g/mol. The summed E-state index contributed by atoms with van der Waals surface area (Å²) in [4.78, 5) is 0. The largest absolute Gasteiger partial charge is 0.121 e. The SMILES string of the molecule is CC1CCCC(Cl)C1Cl. The van der Waals surface area contributed by atoms with Crippen LogP contribution in [0.1, 0.15) is 26.2 Å². The molecular formula is C7H12Cl2. The van der Waals surface area contributed by atoms with E-state index in [0.717, 1.165) is 6.42 Å². The van der Waals surface area contributed by atoms with Crippen LogP contribution in [0.5, 0.6) is 0 Å². The third-order valence-electron chi connectivity index (χ3n) is 2.03. The first-order valence-corrected chi connectivity index (χ1v) is 4.37. The minimum absolute atomic E-state index is 0.209. The van der Waals surface area contributed by atoms with Crippen LogP contribution in [0.25, 0.3) is 0 Å². The normalized spacial score (nSPS) is 45.0. The maximum atomic E-state index is 5.99. The van der Waals surface area contributed by atoms with Crippen molar-refractivity contribution in [3.05, 3.63) is 0 Å². The molecule has 0 saturated heterocycles. The molecule has 9 heavy (non-hydrogen) atoms. The summed E-state index contributed by atoms with van der Waals surface area (Å²) in [6, 6.07) is 0. The van der Waals surface area contributed by atoms with Gasteiger partial charge in [0.25, 0.3) is 0 Å². The van der Waals surface area contributed by atoms with Crippen molar-refractivity contribution in [3.8, 4) is 0 Å². The van der Waals surface area contributed by atoms with E-state index in [-0.39, 0.29) is 10.8 Å². The highest BCUT2D eigenvalue weighted by Crippen LogP contribution is 2.31. The third-order valence-corrected chi connectivity index (χ3v) is 3.38. The minimum Gasteiger partial charge on any atom is -0.121 e. The van der Waals surface area contributed by atoms with Gasteiger partial charge in [0.1, 0.15) is 0 Å². The van der Waals surface area contributed by atoms with Crippen molar-refractivity contribution in [2.75, 3.05) is 0 Å². The predicted molar refractivity (Wildman–Crippen MR) is 42.3 cm³/mol. The minimum atomic E-state index is 0.209. The van der Waals surface area contributed by atoms with E-state index in [2.05, 4.69) is 6.92 Å². The number of hydrogen-bond donors (Lipinski definition) is 0. The molecule has 1 fully saturated rings. The molecule has 0 bridgehead atoms. The molecule has 1 aliphatic carbocycles. The van der Waals surface area contributed by atoms with Crippen molar-refractivity contribution >= 4 is 23.2 Å². The third kappa shape index (κ3) is 1.75. The van der Waals surface area contributed by atoms with Crippen molar-refractivity contribution in [2.24, 2.45) is 5.92 Å². The van der Waals surface area contributed by atoms with Gasteiger partial charge >= 0.3 is 0 Å². The highest BCUT2D eigenvalue weighted by molar-refractivity contribution is 6.30. The van der Waals surface area contributed by atoms with Gasteiger partial charge < -0.3 is 0 Å². The molecule has 2 heteroatoms. The molecule has 0 aromatic carbocycles. The molecule has 0 aliphatic heterocycles. The first-order valence-electron chi connectivity index (χ1n) is 3.50. The van der Waals surface area contributed by atoms with Crippen LogP contribution in [0.15, 0.2) is 0 Å². The zero-order valence-electron chi connectivity index (χ0n) is 5.61. The van der Waals surface area contributed by atoms with E-state index in [9.17, 15) is 0 Å². The molecule has 1 rings (SSSR count). The fraction of sp³-hybridized carbons (Fsp3) is 1.00. The Morgan fingerprint density at radius 3 is 2.33 bits per heavy atom. The van der Waals surface area contributed by atoms with Gasteiger partial charge in [-0.05, 0) is 18.8 Å². The lowest BCUT2D eigenvalue weighted by molar-refractivity contribution is 0.398. The lowest BCUT2D eigenvalue weighted by Crippen LogP contribution is -2.27. The van der Waals surface area contributed by atoms with Gasteiger partial charge in [0.05, 0.1) is 10.8 Å². The van der Waals surface area contributed by atoms with Crippen LogP contribution in [-0.4, -0.2) is 10.8 Å². The molecule has 0 heterocycles. The van der Waals surface area contributed by atoms with E-state index < -0.39 is 0 Å². The summed E-state index contributed by atoms with van der Waals surface area (Å²) < 4.78 is 0. The van der Waals surface area contributed by atoms with Crippen LogP contribution >= 0.6 is 23.2 Å². The average Bonchev–Trinajstić information content (AvgIpc) is 1.83. The predicted octanol–water partition coefficient (Wildman–Crippen LogP) is 3.02. The summed E-state index contributed by atoms with van der Waals surface area (Å²) >= 11 is 11.9. The molecule has 0 aromatic rings. The number of alkyl halides is 2. The lowest BCUT2D eigenvalue weighted by atomic mass is 9.90. The van der Waals surface area contributed by atoms with Crippen LogP contribution in [0.4, 0.5) is 0 Å². The maximum absolute atomic E-state index is 5.99. The van der Waals surface area contributed by atoms with Crippen LogP contribution in [0.2, 0.25) is 0 Å². The molecule has 1 saturated carbocycles. The zero-order chi connectivity index (χ0) is 6.85. The molecule has 3 unspecified atom stereocenters. The molecular weight excluding hydrogens is 155 g/mol. The second kappa shape index (κ2) is 3.12. The van der Waals surface area contributed by atoms with Gasteiger partial charge in [0.2, 0.25) is 0 Å². The number of hydrogen-bond acceptors (Lipinski definition) is 0. The number of rotatable bonds is 0. The van der Waals surface area contributed by atoms with Crippen molar-refractivity contribution in [1.82, 2.24) is 0 Å². The van der Waals surface area contributed by atoms with Crippen molar-refractivity contribution < 1.29 is 0 Å². The van der Waals surface area contributed by atoms with E-state index in [1.807, 2.05) is 0 Å². The Morgan fingerprint density at radius 2 is 1.89 bits per heavy atom. The quantitative estimate of drug-likeness (QED) is 0.486. The van der Waals surface area contributed by atoms with Crippen molar-refractivity contribution in [1.29, 1.82) is 0 Å². The molecule has 0 radical (unpaired) electrons. The maximum Gasteiger partial charge on any atom is 0.0525 e. The molecule has 0 aromatic heterocycles. The number of halogens is 2. The van der Waals surface area contributed by atoms with Crippen LogP contribution in [0, 0.1) is 5.92 Å². The lowest BCUT2D eigenvalue weighted by Gasteiger charge is -2.27. The average molecular weight is 167 g/mol. The van der Waals surface area contributed by atoms with E-state index in [1.165, 1.54) is 12.8 Å².